The monoisotopic (exact) mass is 393 g/mol. The SMILES string of the molecule is CC(C(=O)Nc1ccc(OC(F)F)cc1)N1CCN(c2ccc(F)cc2)CC1. The van der Waals surface area contributed by atoms with E-state index in [2.05, 4.69) is 19.9 Å². The lowest BCUT2D eigenvalue weighted by Gasteiger charge is -2.38. The van der Waals surface area contributed by atoms with Crippen LogP contribution in [0.4, 0.5) is 24.5 Å². The lowest BCUT2D eigenvalue weighted by molar-refractivity contribution is -0.120. The van der Waals surface area contributed by atoms with Crippen molar-refractivity contribution in [1.29, 1.82) is 0 Å². The molecule has 1 fully saturated rings. The second-order valence-electron chi connectivity index (χ2n) is 6.57. The Bertz CT molecular complexity index is 776. The van der Waals surface area contributed by atoms with Crippen LogP contribution in [0.3, 0.4) is 0 Å². The molecule has 8 heteroatoms. The van der Waals surface area contributed by atoms with Gasteiger partial charge in [0.1, 0.15) is 11.6 Å². The highest BCUT2D eigenvalue weighted by Gasteiger charge is 2.25. The van der Waals surface area contributed by atoms with Crippen LogP contribution < -0.4 is 15.0 Å². The van der Waals surface area contributed by atoms with Gasteiger partial charge in [0.05, 0.1) is 6.04 Å². The molecule has 2 aromatic carbocycles. The number of ether oxygens (including phenoxy) is 1. The Labute approximate surface area is 161 Å². The molecule has 1 saturated heterocycles. The van der Waals surface area contributed by atoms with Gasteiger partial charge in [0.25, 0.3) is 0 Å². The normalized spacial score (nSPS) is 16.1. The van der Waals surface area contributed by atoms with E-state index in [9.17, 15) is 18.0 Å². The summed E-state index contributed by atoms with van der Waals surface area (Å²) in [5.41, 5.74) is 1.48. The van der Waals surface area contributed by atoms with Crippen LogP contribution in [-0.2, 0) is 4.79 Å². The predicted octanol–water partition coefficient (Wildman–Crippen LogP) is 3.58. The smallest absolute Gasteiger partial charge is 0.387 e. The third-order valence-corrected chi connectivity index (χ3v) is 4.78. The Balaban J connectivity index is 1.50. The van der Waals surface area contributed by atoms with Gasteiger partial charge in [0.2, 0.25) is 5.91 Å². The summed E-state index contributed by atoms with van der Waals surface area (Å²) in [6.07, 6.45) is 0. The fourth-order valence-corrected chi connectivity index (χ4v) is 3.15. The van der Waals surface area contributed by atoms with Crippen molar-refractivity contribution >= 4 is 17.3 Å². The zero-order chi connectivity index (χ0) is 20.1. The van der Waals surface area contributed by atoms with Crippen molar-refractivity contribution in [3.8, 4) is 5.75 Å². The molecule has 0 aliphatic carbocycles. The van der Waals surface area contributed by atoms with E-state index in [1.54, 1.807) is 12.1 Å². The summed E-state index contributed by atoms with van der Waals surface area (Å²) in [7, 11) is 0. The van der Waals surface area contributed by atoms with Gasteiger partial charge < -0.3 is 15.0 Å². The molecule has 0 aromatic heterocycles. The van der Waals surface area contributed by atoms with Gasteiger partial charge in [-0.1, -0.05) is 0 Å². The van der Waals surface area contributed by atoms with Crippen molar-refractivity contribution < 1.29 is 22.7 Å². The maximum atomic E-state index is 13.1. The number of amides is 1. The Morgan fingerprint density at radius 2 is 1.61 bits per heavy atom. The molecule has 0 radical (unpaired) electrons. The highest BCUT2D eigenvalue weighted by Crippen LogP contribution is 2.20. The lowest BCUT2D eigenvalue weighted by Crippen LogP contribution is -2.52. The summed E-state index contributed by atoms with van der Waals surface area (Å²) in [5.74, 6) is -0.391. The van der Waals surface area contributed by atoms with Crippen LogP contribution in [0.5, 0.6) is 5.75 Å². The molecule has 1 amide bonds. The lowest BCUT2D eigenvalue weighted by atomic mass is 10.2. The minimum Gasteiger partial charge on any atom is -0.435 e. The van der Waals surface area contributed by atoms with Crippen LogP contribution in [0.1, 0.15) is 6.92 Å². The summed E-state index contributed by atoms with van der Waals surface area (Å²) in [4.78, 5) is 16.7. The van der Waals surface area contributed by atoms with Crippen molar-refractivity contribution in [2.75, 3.05) is 36.4 Å². The van der Waals surface area contributed by atoms with E-state index in [4.69, 9.17) is 0 Å². The third-order valence-electron chi connectivity index (χ3n) is 4.78. The Morgan fingerprint density at radius 3 is 2.18 bits per heavy atom. The topological polar surface area (TPSA) is 44.8 Å². The van der Waals surface area contributed by atoms with E-state index < -0.39 is 6.61 Å². The summed E-state index contributed by atoms with van der Waals surface area (Å²) in [5, 5.41) is 2.79. The van der Waals surface area contributed by atoms with Gasteiger partial charge in [0, 0.05) is 37.6 Å². The number of nitrogens with zero attached hydrogens (tertiary/aromatic N) is 2. The minimum atomic E-state index is -2.88. The summed E-state index contributed by atoms with van der Waals surface area (Å²) >= 11 is 0. The van der Waals surface area contributed by atoms with Gasteiger partial charge in [-0.05, 0) is 55.5 Å². The fraction of sp³-hybridized carbons (Fsp3) is 0.350. The van der Waals surface area contributed by atoms with Crippen molar-refractivity contribution in [2.45, 2.75) is 19.6 Å². The van der Waals surface area contributed by atoms with Gasteiger partial charge in [-0.3, -0.25) is 9.69 Å². The van der Waals surface area contributed by atoms with E-state index in [0.29, 0.717) is 18.8 Å². The minimum absolute atomic E-state index is 0.0398. The zero-order valence-electron chi connectivity index (χ0n) is 15.4. The van der Waals surface area contributed by atoms with Crippen molar-refractivity contribution in [3.63, 3.8) is 0 Å². The number of carbonyl (C=O) groups excluding carboxylic acids is 1. The fourth-order valence-electron chi connectivity index (χ4n) is 3.15. The average Bonchev–Trinajstić information content (AvgIpc) is 2.69. The first-order chi connectivity index (χ1) is 13.4. The van der Waals surface area contributed by atoms with Gasteiger partial charge in [-0.25, -0.2) is 4.39 Å². The third kappa shape index (κ3) is 5.16. The number of benzene rings is 2. The van der Waals surface area contributed by atoms with Gasteiger partial charge >= 0.3 is 6.61 Å². The maximum Gasteiger partial charge on any atom is 0.387 e. The maximum absolute atomic E-state index is 13.1. The molecule has 5 nitrogen and oxygen atoms in total. The molecule has 1 aliphatic heterocycles. The Kier molecular flexibility index (Phi) is 6.41. The molecule has 1 atom stereocenters. The van der Waals surface area contributed by atoms with Crippen LogP contribution >= 0.6 is 0 Å². The Morgan fingerprint density at radius 1 is 1.00 bits per heavy atom. The van der Waals surface area contributed by atoms with Crippen LogP contribution in [0.25, 0.3) is 0 Å². The van der Waals surface area contributed by atoms with E-state index in [1.165, 1.54) is 36.4 Å². The molecule has 0 bridgehead atoms. The van der Waals surface area contributed by atoms with Crippen LogP contribution in [-0.4, -0.2) is 49.6 Å². The first kappa shape index (κ1) is 20.0. The number of alkyl halides is 2. The van der Waals surface area contributed by atoms with Gasteiger partial charge in [-0.2, -0.15) is 8.78 Å². The largest absolute Gasteiger partial charge is 0.435 e. The first-order valence-corrected chi connectivity index (χ1v) is 9.02. The molecule has 1 aliphatic rings. The highest BCUT2D eigenvalue weighted by molar-refractivity contribution is 5.94. The number of rotatable bonds is 6. The molecular weight excluding hydrogens is 371 g/mol. The van der Waals surface area contributed by atoms with Crippen LogP contribution in [0, 0.1) is 5.82 Å². The average molecular weight is 393 g/mol. The van der Waals surface area contributed by atoms with E-state index >= 15 is 0 Å². The molecule has 1 unspecified atom stereocenters. The number of nitrogens with one attached hydrogen (secondary N) is 1. The summed E-state index contributed by atoms with van der Waals surface area (Å²) in [6, 6.07) is 11.9. The summed E-state index contributed by atoms with van der Waals surface area (Å²) < 4.78 is 41.7. The first-order valence-electron chi connectivity index (χ1n) is 9.02. The molecule has 1 heterocycles. The number of anilines is 2. The molecule has 0 saturated carbocycles. The molecular formula is C20H22F3N3O2. The van der Waals surface area contributed by atoms with Crippen molar-refractivity contribution in [2.24, 2.45) is 0 Å². The van der Waals surface area contributed by atoms with Gasteiger partial charge in [-0.15, -0.1) is 0 Å². The molecule has 3 rings (SSSR count). The van der Waals surface area contributed by atoms with Crippen LogP contribution in [0.2, 0.25) is 0 Å². The molecule has 1 N–H and O–H groups in total. The standard InChI is InChI=1S/C20H22F3N3O2/c1-14(19(27)24-16-4-8-18(9-5-16)28-20(22)23)25-10-12-26(13-11-25)17-6-2-15(21)3-7-17/h2-9,14,20H,10-13H2,1H3,(H,24,27). The van der Waals surface area contributed by atoms with Crippen molar-refractivity contribution in [1.82, 2.24) is 4.90 Å². The van der Waals surface area contributed by atoms with Gasteiger partial charge in [0.15, 0.2) is 0 Å². The van der Waals surface area contributed by atoms with E-state index in [-0.39, 0.29) is 23.5 Å². The Hall–Kier alpha value is -2.74. The van der Waals surface area contributed by atoms with Crippen molar-refractivity contribution in [3.05, 3.63) is 54.3 Å². The number of hydrogen-bond donors (Lipinski definition) is 1. The quantitative estimate of drug-likeness (QED) is 0.815. The predicted molar refractivity (Wildman–Crippen MR) is 101 cm³/mol. The molecule has 150 valence electrons. The zero-order valence-corrected chi connectivity index (χ0v) is 15.4. The summed E-state index contributed by atoms with van der Waals surface area (Å²) in [6.45, 7) is 1.83. The molecule has 0 spiro atoms. The molecule has 28 heavy (non-hydrogen) atoms. The van der Waals surface area contributed by atoms with E-state index in [1.807, 2.05) is 6.92 Å². The number of halogens is 3. The molecule has 2 aromatic rings. The number of carbonyl (C=O) groups is 1. The van der Waals surface area contributed by atoms with Crippen LogP contribution in [0.15, 0.2) is 48.5 Å². The van der Waals surface area contributed by atoms with E-state index in [0.717, 1.165) is 18.8 Å². The second-order valence-corrected chi connectivity index (χ2v) is 6.57. The number of piperazine rings is 1. The number of hydrogen-bond acceptors (Lipinski definition) is 4. The second kappa shape index (κ2) is 8.97. The highest BCUT2D eigenvalue weighted by atomic mass is 19.3.